The molecule has 0 saturated heterocycles. The van der Waals surface area contributed by atoms with E-state index >= 15 is 0 Å². The predicted octanol–water partition coefficient (Wildman–Crippen LogP) is 3.61. The summed E-state index contributed by atoms with van der Waals surface area (Å²) in [6.07, 6.45) is 1.63. The van der Waals surface area contributed by atoms with Crippen molar-refractivity contribution in [2.45, 2.75) is 6.92 Å². The Morgan fingerprint density at radius 3 is 2.33 bits per heavy atom. The van der Waals surface area contributed by atoms with Crippen molar-refractivity contribution in [3.8, 4) is 11.5 Å². The van der Waals surface area contributed by atoms with Gasteiger partial charge in [-0.05, 0) is 37.3 Å². The number of H-pyrrole nitrogens is 1. The van der Waals surface area contributed by atoms with Gasteiger partial charge in [-0.25, -0.2) is 4.79 Å². The lowest BCUT2D eigenvalue weighted by atomic mass is 10.1. The van der Waals surface area contributed by atoms with Gasteiger partial charge in [0, 0.05) is 23.3 Å². The van der Waals surface area contributed by atoms with Crippen LogP contribution in [0.2, 0.25) is 0 Å². The molecule has 0 aliphatic rings. The van der Waals surface area contributed by atoms with Gasteiger partial charge >= 0.3 is 5.97 Å². The molecule has 0 fully saturated rings. The number of hydrogen-bond donors (Lipinski definition) is 2. The topological polar surface area (TPSA) is 89.7 Å². The number of methoxy groups -OCH3 is 2. The van der Waals surface area contributed by atoms with E-state index < -0.39 is 5.97 Å². The molecule has 0 radical (unpaired) electrons. The number of ether oxygens (including phenoxy) is 3. The number of aromatic nitrogens is 1. The Labute approximate surface area is 156 Å². The number of amides is 1. The molecular formula is C20H20N2O5. The quantitative estimate of drug-likeness (QED) is 0.649. The van der Waals surface area contributed by atoms with Crippen molar-refractivity contribution in [3.63, 3.8) is 0 Å². The van der Waals surface area contributed by atoms with E-state index in [1.54, 1.807) is 63.7 Å². The van der Waals surface area contributed by atoms with Crippen LogP contribution in [0.15, 0.2) is 42.6 Å². The molecule has 0 saturated carbocycles. The molecule has 0 spiro atoms. The maximum atomic E-state index is 12.7. The summed E-state index contributed by atoms with van der Waals surface area (Å²) in [5, 5.41) is 3.53. The number of nitrogens with one attached hydrogen (secondary N) is 2. The number of aromatic amines is 1. The van der Waals surface area contributed by atoms with Gasteiger partial charge in [-0.15, -0.1) is 0 Å². The number of carbonyl (C=O) groups excluding carboxylic acids is 2. The third-order valence-electron chi connectivity index (χ3n) is 4.08. The fraction of sp³-hybridized carbons (Fsp3) is 0.200. The van der Waals surface area contributed by atoms with Gasteiger partial charge in [0.05, 0.1) is 37.5 Å². The second kappa shape index (κ2) is 7.82. The Hall–Kier alpha value is -3.48. The second-order valence-corrected chi connectivity index (χ2v) is 5.71. The van der Waals surface area contributed by atoms with E-state index in [9.17, 15) is 9.59 Å². The smallest absolute Gasteiger partial charge is 0.338 e. The minimum Gasteiger partial charge on any atom is -0.493 e. The van der Waals surface area contributed by atoms with Crippen molar-refractivity contribution >= 4 is 28.5 Å². The van der Waals surface area contributed by atoms with E-state index in [0.29, 0.717) is 40.3 Å². The third kappa shape index (κ3) is 3.72. The zero-order chi connectivity index (χ0) is 19.4. The Bertz CT molecular complexity index is 976. The van der Waals surface area contributed by atoms with Gasteiger partial charge in [-0.2, -0.15) is 0 Å². The number of anilines is 1. The van der Waals surface area contributed by atoms with Crippen LogP contribution in [-0.4, -0.2) is 37.7 Å². The average molecular weight is 368 g/mol. The van der Waals surface area contributed by atoms with Crippen LogP contribution in [0.3, 0.4) is 0 Å². The van der Waals surface area contributed by atoms with Crippen LogP contribution in [0.1, 0.15) is 27.6 Å². The predicted molar refractivity (Wildman–Crippen MR) is 102 cm³/mol. The van der Waals surface area contributed by atoms with Gasteiger partial charge in [0.2, 0.25) is 0 Å². The lowest BCUT2D eigenvalue weighted by Crippen LogP contribution is -2.12. The van der Waals surface area contributed by atoms with E-state index in [1.807, 2.05) is 0 Å². The van der Waals surface area contributed by atoms with Gasteiger partial charge in [0.25, 0.3) is 5.91 Å². The summed E-state index contributed by atoms with van der Waals surface area (Å²) in [7, 11) is 3.10. The summed E-state index contributed by atoms with van der Waals surface area (Å²) < 4.78 is 15.5. The zero-order valence-corrected chi connectivity index (χ0v) is 15.3. The molecule has 2 aromatic carbocycles. The lowest BCUT2D eigenvalue weighted by molar-refractivity contribution is 0.0526. The molecule has 7 heteroatoms. The van der Waals surface area contributed by atoms with Crippen LogP contribution in [0.5, 0.6) is 11.5 Å². The molecule has 2 N–H and O–H groups in total. The summed E-state index contributed by atoms with van der Waals surface area (Å²) in [6.45, 7) is 2.06. The summed E-state index contributed by atoms with van der Waals surface area (Å²) in [5.41, 5.74) is 2.23. The molecule has 0 aliphatic carbocycles. The van der Waals surface area contributed by atoms with E-state index in [0.717, 1.165) is 5.52 Å². The number of fused-ring (bicyclic) bond motifs is 1. The van der Waals surface area contributed by atoms with Crippen molar-refractivity contribution in [3.05, 3.63) is 53.7 Å². The number of benzene rings is 2. The highest BCUT2D eigenvalue weighted by molar-refractivity contribution is 6.13. The molecule has 1 aromatic heterocycles. The number of esters is 1. The molecule has 0 unspecified atom stereocenters. The first-order valence-electron chi connectivity index (χ1n) is 8.39. The molecule has 7 nitrogen and oxygen atoms in total. The van der Waals surface area contributed by atoms with Crippen molar-refractivity contribution in [1.29, 1.82) is 0 Å². The van der Waals surface area contributed by atoms with Gasteiger partial charge in [0.1, 0.15) is 0 Å². The van der Waals surface area contributed by atoms with Crippen molar-refractivity contribution in [1.82, 2.24) is 4.98 Å². The minimum absolute atomic E-state index is 0.280. The second-order valence-electron chi connectivity index (χ2n) is 5.71. The highest BCUT2D eigenvalue weighted by Gasteiger charge is 2.16. The lowest BCUT2D eigenvalue weighted by Gasteiger charge is -2.09. The summed E-state index contributed by atoms with van der Waals surface area (Å²) in [6, 6.07) is 10.1. The van der Waals surface area contributed by atoms with Gasteiger partial charge in [0.15, 0.2) is 11.5 Å². The Morgan fingerprint density at radius 1 is 1.04 bits per heavy atom. The first-order valence-corrected chi connectivity index (χ1v) is 8.39. The number of carbonyl (C=O) groups is 2. The largest absolute Gasteiger partial charge is 0.493 e. The minimum atomic E-state index is -0.395. The van der Waals surface area contributed by atoms with Crippen LogP contribution in [0, 0.1) is 0 Å². The first kappa shape index (κ1) is 18.3. The molecule has 1 amide bonds. The molecule has 3 rings (SSSR count). The van der Waals surface area contributed by atoms with E-state index in [2.05, 4.69) is 10.3 Å². The Balaban J connectivity index is 1.83. The molecule has 3 aromatic rings. The van der Waals surface area contributed by atoms with Crippen molar-refractivity contribution < 1.29 is 23.8 Å². The molecule has 0 aliphatic heterocycles. The Morgan fingerprint density at radius 2 is 1.70 bits per heavy atom. The summed E-state index contributed by atoms with van der Waals surface area (Å²) in [5.74, 6) is 0.441. The van der Waals surface area contributed by atoms with E-state index in [4.69, 9.17) is 14.2 Å². The van der Waals surface area contributed by atoms with Crippen molar-refractivity contribution in [2.75, 3.05) is 26.1 Å². The van der Waals surface area contributed by atoms with Crippen LogP contribution < -0.4 is 14.8 Å². The van der Waals surface area contributed by atoms with Crippen LogP contribution in [0.25, 0.3) is 10.9 Å². The number of rotatable bonds is 6. The molecule has 27 heavy (non-hydrogen) atoms. The molecule has 140 valence electrons. The van der Waals surface area contributed by atoms with E-state index in [-0.39, 0.29) is 5.91 Å². The zero-order valence-electron chi connectivity index (χ0n) is 15.3. The standard InChI is InChI=1S/C20H20N2O5/c1-4-27-20(24)12-5-7-13(8-6-12)22-19(23)15-11-21-16-10-18(26-3)17(25-2)9-14(15)16/h5-11,21H,4H2,1-3H3,(H,22,23). The highest BCUT2D eigenvalue weighted by Crippen LogP contribution is 2.33. The molecule has 0 bridgehead atoms. The summed E-state index contributed by atoms with van der Waals surface area (Å²) >= 11 is 0. The third-order valence-corrected chi connectivity index (χ3v) is 4.08. The maximum absolute atomic E-state index is 12.7. The number of hydrogen-bond acceptors (Lipinski definition) is 5. The van der Waals surface area contributed by atoms with Gasteiger partial charge < -0.3 is 24.5 Å². The normalized spacial score (nSPS) is 10.5. The SMILES string of the molecule is CCOC(=O)c1ccc(NC(=O)c2c[nH]c3cc(OC)c(OC)cc23)cc1. The van der Waals surface area contributed by atoms with Gasteiger partial charge in [-0.3, -0.25) is 4.79 Å². The van der Waals surface area contributed by atoms with Gasteiger partial charge in [-0.1, -0.05) is 0 Å². The van der Waals surface area contributed by atoms with Crippen LogP contribution in [-0.2, 0) is 4.74 Å². The molecule has 0 atom stereocenters. The molecular weight excluding hydrogens is 348 g/mol. The van der Waals surface area contributed by atoms with Crippen LogP contribution in [0.4, 0.5) is 5.69 Å². The highest BCUT2D eigenvalue weighted by atomic mass is 16.5. The molecule has 1 heterocycles. The fourth-order valence-corrected chi connectivity index (χ4v) is 2.74. The maximum Gasteiger partial charge on any atom is 0.338 e. The summed E-state index contributed by atoms with van der Waals surface area (Å²) in [4.78, 5) is 27.4. The first-order chi connectivity index (χ1) is 13.1. The van der Waals surface area contributed by atoms with E-state index in [1.165, 1.54) is 0 Å². The van der Waals surface area contributed by atoms with Crippen molar-refractivity contribution in [2.24, 2.45) is 0 Å². The monoisotopic (exact) mass is 368 g/mol. The fourth-order valence-electron chi connectivity index (χ4n) is 2.74. The Kier molecular flexibility index (Phi) is 5.30. The van der Waals surface area contributed by atoms with Crippen LogP contribution >= 0.6 is 0 Å². The average Bonchev–Trinajstić information content (AvgIpc) is 3.10.